The second-order valence-corrected chi connectivity index (χ2v) is 10.4. The molecule has 44 heavy (non-hydrogen) atoms. The maximum absolute atomic E-state index is 15.1. The normalized spacial score (nSPS) is 12.9. The fraction of sp³-hybridized carbons (Fsp3) is 0.333. The van der Waals surface area contributed by atoms with Crippen molar-refractivity contribution >= 4 is 28.5 Å². The van der Waals surface area contributed by atoms with Crippen molar-refractivity contribution < 1.29 is 27.5 Å². The smallest absolute Gasteiger partial charge is 0.337 e. The van der Waals surface area contributed by atoms with Crippen LogP contribution in [-0.2, 0) is 23.0 Å². The largest absolute Gasteiger partial charge is 0.467 e. The van der Waals surface area contributed by atoms with E-state index in [4.69, 9.17) is 4.74 Å². The first-order valence-corrected chi connectivity index (χ1v) is 13.6. The van der Waals surface area contributed by atoms with Crippen LogP contribution in [0, 0.1) is 12.7 Å². The van der Waals surface area contributed by atoms with Crippen molar-refractivity contribution in [1.29, 1.82) is 0 Å². The number of carbonyl (C=O) groups excluding carboxylic acids is 2. The Morgan fingerprint density at radius 3 is 2.45 bits per heavy atom. The van der Waals surface area contributed by atoms with Crippen molar-refractivity contribution in [3.8, 4) is 5.82 Å². The highest BCUT2D eigenvalue weighted by Gasteiger charge is 2.33. The summed E-state index contributed by atoms with van der Waals surface area (Å²) in [5.74, 6) is -5.72. The monoisotopic (exact) mass is 612 g/mol. The molecule has 11 nitrogen and oxygen atoms in total. The van der Waals surface area contributed by atoms with Gasteiger partial charge in [-0.1, -0.05) is 13.0 Å². The molecule has 3 aromatic heterocycles. The molecule has 1 amide bonds. The van der Waals surface area contributed by atoms with E-state index in [1.807, 2.05) is 0 Å². The zero-order chi connectivity index (χ0) is 32.3. The number of nitrogens with zero attached hydrogens (tertiary/aromatic N) is 4. The van der Waals surface area contributed by atoms with Gasteiger partial charge in [0.2, 0.25) is 0 Å². The standard InChI is InChI=1S/C30H31F3N6O5/c1-6-23(30(3,32)33)36-18-11-16(2)25(20(31)13-18)26(40)37-21(28(42)44-5)12-17-7-8-24(35-14-17)39-27(41)19-9-10-34-15-22(19)38(4)29(39)43/h7-11,13-15,21,23,36H,6,12H2,1-5H3,(H,37,40)/t21-,23+/m0/s1. The summed E-state index contributed by atoms with van der Waals surface area (Å²) in [5.41, 5.74) is -0.555. The minimum atomic E-state index is -3.06. The lowest BCUT2D eigenvalue weighted by Crippen LogP contribution is -2.43. The summed E-state index contributed by atoms with van der Waals surface area (Å²) in [6.45, 7) is 3.77. The van der Waals surface area contributed by atoms with E-state index in [0.29, 0.717) is 11.1 Å². The van der Waals surface area contributed by atoms with Gasteiger partial charge in [0.1, 0.15) is 17.7 Å². The summed E-state index contributed by atoms with van der Waals surface area (Å²) in [7, 11) is 2.63. The van der Waals surface area contributed by atoms with Crippen LogP contribution in [0.3, 0.4) is 0 Å². The lowest BCUT2D eigenvalue weighted by atomic mass is 10.0. The Morgan fingerprint density at radius 1 is 1.14 bits per heavy atom. The first kappa shape index (κ1) is 31.9. The van der Waals surface area contributed by atoms with Crippen LogP contribution < -0.4 is 21.9 Å². The van der Waals surface area contributed by atoms with Crippen molar-refractivity contribution in [2.75, 3.05) is 12.4 Å². The molecular weight excluding hydrogens is 581 g/mol. The number of aromatic nitrogens is 4. The van der Waals surface area contributed by atoms with Gasteiger partial charge in [-0.15, -0.1) is 0 Å². The highest BCUT2D eigenvalue weighted by atomic mass is 19.3. The summed E-state index contributed by atoms with van der Waals surface area (Å²) in [5, 5.41) is 5.34. The van der Waals surface area contributed by atoms with Crippen LogP contribution in [0.15, 0.2) is 58.5 Å². The molecule has 0 spiro atoms. The molecule has 4 aromatic rings. The van der Waals surface area contributed by atoms with Crippen molar-refractivity contribution in [1.82, 2.24) is 24.4 Å². The van der Waals surface area contributed by atoms with Gasteiger partial charge in [0, 0.05) is 38.5 Å². The molecule has 0 bridgehead atoms. The third-order valence-electron chi connectivity index (χ3n) is 7.22. The molecule has 3 heterocycles. The average Bonchev–Trinajstić information content (AvgIpc) is 2.98. The lowest BCUT2D eigenvalue weighted by molar-refractivity contribution is -0.142. The van der Waals surface area contributed by atoms with Gasteiger partial charge < -0.3 is 15.4 Å². The third-order valence-corrected chi connectivity index (χ3v) is 7.22. The molecule has 4 rings (SSSR count). The summed E-state index contributed by atoms with van der Waals surface area (Å²) < 4.78 is 49.8. The van der Waals surface area contributed by atoms with Crippen molar-refractivity contribution in [3.05, 3.63) is 92.3 Å². The Labute approximate surface area is 249 Å². The number of aryl methyl sites for hydroxylation is 2. The molecule has 0 saturated heterocycles. The molecule has 1 aromatic carbocycles. The van der Waals surface area contributed by atoms with Crippen LogP contribution in [0.1, 0.15) is 41.8 Å². The Hall–Kier alpha value is -5.01. The predicted molar refractivity (Wildman–Crippen MR) is 157 cm³/mol. The number of rotatable bonds is 10. The van der Waals surface area contributed by atoms with Crippen LogP contribution in [0.4, 0.5) is 18.9 Å². The maximum Gasteiger partial charge on any atom is 0.337 e. The molecule has 232 valence electrons. The van der Waals surface area contributed by atoms with Gasteiger partial charge in [0.05, 0.1) is 35.8 Å². The number of anilines is 1. The molecular formula is C30H31F3N6O5. The predicted octanol–water partition coefficient (Wildman–Crippen LogP) is 3.29. The quantitative estimate of drug-likeness (QED) is 0.261. The Balaban J connectivity index is 1.57. The fourth-order valence-corrected chi connectivity index (χ4v) is 4.87. The van der Waals surface area contributed by atoms with Crippen LogP contribution >= 0.6 is 0 Å². The topological polar surface area (TPSA) is 137 Å². The van der Waals surface area contributed by atoms with E-state index < -0.39 is 46.9 Å². The number of nitrogens with one attached hydrogen (secondary N) is 2. The van der Waals surface area contributed by atoms with Gasteiger partial charge in [-0.25, -0.2) is 32.3 Å². The third kappa shape index (κ3) is 6.48. The number of pyridine rings is 2. The van der Waals surface area contributed by atoms with Crippen LogP contribution in [0.25, 0.3) is 16.7 Å². The second kappa shape index (κ2) is 12.7. The van der Waals surface area contributed by atoms with E-state index in [9.17, 15) is 28.0 Å². The number of halogens is 3. The van der Waals surface area contributed by atoms with Gasteiger partial charge >= 0.3 is 11.7 Å². The minimum Gasteiger partial charge on any atom is -0.467 e. The molecule has 2 atom stereocenters. The number of fused-ring (bicyclic) bond motifs is 1. The zero-order valence-corrected chi connectivity index (χ0v) is 24.7. The van der Waals surface area contributed by atoms with Gasteiger partial charge in [-0.05, 0) is 48.7 Å². The van der Waals surface area contributed by atoms with Gasteiger partial charge in [0.15, 0.2) is 0 Å². The number of carbonyl (C=O) groups is 2. The first-order chi connectivity index (χ1) is 20.8. The van der Waals surface area contributed by atoms with Gasteiger partial charge in [0.25, 0.3) is 17.4 Å². The Kier molecular flexibility index (Phi) is 9.21. The summed E-state index contributed by atoms with van der Waals surface area (Å²) in [6.07, 6.45) is 4.14. The number of benzene rings is 1. The molecule has 2 N–H and O–H groups in total. The molecule has 0 aliphatic rings. The summed E-state index contributed by atoms with van der Waals surface area (Å²) in [6, 6.07) is 4.24. The molecule has 0 fully saturated rings. The van der Waals surface area contributed by atoms with Crippen LogP contribution in [0.5, 0.6) is 0 Å². The molecule has 0 radical (unpaired) electrons. The van der Waals surface area contributed by atoms with Gasteiger partial charge in [-0.2, -0.15) is 0 Å². The molecule has 14 heteroatoms. The molecule has 0 saturated carbocycles. The van der Waals surface area contributed by atoms with Crippen LogP contribution in [0.2, 0.25) is 0 Å². The molecule has 0 aliphatic carbocycles. The van der Waals surface area contributed by atoms with Gasteiger partial charge in [-0.3, -0.25) is 19.1 Å². The number of alkyl halides is 2. The number of hydrogen-bond donors (Lipinski definition) is 2. The molecule has 0 aliphatic heterocycles. The number of methoxy groups -OCH3 is 1. The number of hydrogen-bond acceptors (Lipinski definition) is 8. The number of ether oxygens (including phenoxy) is 1. The highest BCUT2D eigenvalue weighted by Crippen LogP contribution is 2.26. The van der Waals surface area contributed by atoms with E-state index in [1.54, 1.807) is 6.92 Å². The van der Waals surface area contributed by atoms with Crippen LogP contribution in [-0.4, -0.2) is 56.1 Å². The van der Waals surface area contributed by atoms with Crippen molar-refractivity contribution in [3.63, 3.8) is 0 Å². The maximum atomic E-state index is 15.1. The van der Waals surface area contributed by atoms with E-state index in [1.165, 1.54) is 61.4 Å². The summed E-state index contributed by atoms with van der Waals surface area (Å²) in [4.78, 5) is 59.8. The average molecular weight is 613 g/mol. The van der Waals surface area contributed by atoms with E-state index in [-0.39, 0.29) is 40.9 Å². The number of esters is 1. The van der Waals surface area contributed by atoms with Crippen molar-refractivity contribution in [2.24, 2.45) is 7.05 Å². The van der Waals surface area contributed by atoms with Crippen molar-refractivity contribution in [2.45, 2.75) is 51.6 Å². The zero-order valence-electron chi connectivity index (χ0n) is 24.7. The fourth-order valence-electron chi connectivity index (χ4n) is 4.87. The number of amides is 1. The lowest BCUT2D eigenvalue weighted by Gasteiger charge is -2.25. The van der Waals surface area contributed by atoms with E-state index >= 15 is 4.39 Å². The van der Waals surface area contributed by atoms with E-state index in [0.717, 1.165) is 24.7 Å². The SMILES string of the molecule is CC[C@@H](Nc1cc(C)c(C(=O)N[C@@H](Cc2ccc(-n3c(=O)c4ccncc4n(C)c3=O)nc2)C(=O)OC)c(F)c1)C(C)(F)F. The van der Waals surface area contributed by atoms with E-state index in [2.05, 4.69) is 20.6 Å². The Bertz CT molecular complexity index is 1810. The highest BCUT2D eigenvalue weighted by molar-refractivity contribution is 5.98. The summed E-state index contributed by atoms with van der Waals surface area (Å²) >= 11 is 0. The minimum absolute atomic E-state index is 0.0364. The Morgan fingerprint density at radius 2 is 1.86 bits per heavy atom. The first-order valence-electron chi connectivity index (χ1n) is 13.6. The second-order valence-electron chi connectivity index (χ2n) is 10.4. The molecule has 0 unspecified atom stereocenters.